The van der Waals surface area contributed by atoms with Crippen LogP contribution >= 0.6 is 0 Å². The van der Waals surface area contributed by atoms with Crippen LogP contribution in [0.15, 0.2) is 30.3 Å². The van der Waals surface area contributed by atoms with Gasteiger partial charge in [0.15, 0.2) is 18.5 Å². The van der Waals surface area contributed by atoms with Gasteiger partial charge in [0, 0.05) is 20.8 Å². The Morgan fingerprint density at radius 3 is 2.11 bits per heavy atom. The number of hydrogen-bond donors (Lipinski definition) is 1. The molecule has 0 spiro atoms. The van der Waals surface area contributed by atoms with Crippen LogP contribution in [0, 0.1) is 0 Å². The maximum Gasteiger partial charge on any atom is 0.303 e. The normalized spacial score (nSPS) is 26.9. The lowest BCUT2D eigenvalue weighted by Gasteiger charge is -2.43. The van der Waals surface area contributed by atoms with Crippen molar-refractivity contribution < 1.29 is 43.2 Å². The second kappa shape index (κ2) is 10.2. The molecule has 154 valence electrons. The first kappa shape index (κ1) is 21.8. The summed E-state index contributed by atoms with van der Waals surface area (Å²) >= 11 is 0. The molecule has 1 aliphatic rings. The van der Waals surface area contributed by atoms with Gasteiger partial charge < -0.3 is 28.8 Å². The molecule has 5 atom stereocenters. The highest BCUT2D eigenvalue weighted by atomic mass is 16.7. The highest BCUT2D eigenvalue weighted by Crippen LogP contribution is 2.28. The van der Waals surface area contributed by atoms with Crippen LogP contribution in [0.4, 0.5) is 0 Å². The number of hydrogen-bond acceptors (Lipinski definition) is 9. The van der Waals surface area contributed by atoms with E-state index in [1.807, 2.05) is 30.3 Å². The molecule has 0 bridgehead atoms. The van der Waals surface area contributed by atoms with E-state index in [2.05, 4.69) is 0 Å². The van der Waals surface area contributed by atoms with E-state index < -0.39 is 48.6 Å². The lowest BCUT2D eigenvalue weighted by atomic mass is 9.98. The molecule has 9 heteroatoms. The lowest BCUT2D eigenvalue weighted by molar-refractivity contribution is -0.302. The molecule has 1 aromatic carbocycles. The largest absolute Gasteiger partial charge is 0.463 e. The Morgan fingerprint density at radius 1 is 0.929 bits per heavy atom. The number of carbonyl (C=O) groups is 3. The van der Waals surface area contributed by atoms with Gasteiger partial charge in [-0.15, -0.1) is 0 Å². The second-order valence-electron chi connectivity index (χ2n) is 6.28. The maximum atomic E-state index is 11.6. The van der Waals surface area contributed by atoms with Gasteiger partial charge in [-0.3, -0.25) is 14.4 Å². The van der Waals surface area contributed by atoms with Gasteiger partial charge in [0.2, 0.25) is 0 Å². The van der Waals surface area contributed by atoms with Crippen LogP contribution in [-0.2, 0) is 44.7 Å². The SMILES string of the molecule is CC(=O)OC[C@H]1O[C@H](O)[C@@H](OC(C)=O)[C@H](OCc2ccccc2)[C@@H]1OC(C)=O. The van der Waals surface area contributed by atoms with Crippen LogP contribution < -0.4 is 0 Å². The fourth-order valence-electron chi connectivity index (χ4n) is 2.84. The van der Waals surface area contributed by atoms with E-state index in [0.29, 0.717) is 0 Å². The molecule has 1 N–H and O–H groups in total. The van der Waals surface area contributed by atoms with Gasteiger partial charge in [0.1, 0.15) is 18.8 Å². The van der Waals surface area contributed by atoms with Gasteiger partial charge in [0.25, 0.3) is 0 Å². The van der Waals surface area contributed by atoms with E-state index in [1.54, 1.807) is 0 Å². The van der Waals surface area contributed by atoms with E-state index >= 15 is 0 Å². The summed E-state index contributed by atoms with van der Waals surface area (Å²) in [5.74, 6) is -1.86. The van der Waals surface area contributed by atoms with Crippen LogP contribution in [0.1, 0.15) is 26.3 Å². The highest BCUT2D eigenvalue weighted by molar-refractivity contribution is 5.67. The highest BCUT2D eigenvalue weighted by Gasteiger charge is 2.50. The Balaban J connectivity index is 2.26. The van der Waals surface area contributed by atoms with Crippen LogP contribution in [0.5, 0.6) is 0 Å². The van der Waals surface area contributed by atoms with Gasteiger partial charge in [-0.2, -0.15) is 0 Å². The number of benzene rings is 1. The van der Waals surface area contributed by atoms with E-state index in [9.17, 15) is 19.5 Å². The average Bonchev–Trinajstić information content (AvgIpc) is 2.62. The maximum absolute atomic E-state index is 11.6. The average molecular weight is 396 g/mol. The molecule has 1 fully saturated rings. The second-order valence-corrected chi connectivity index (χ2v) is 6.28. The van der Waals surface area contributed by atoms with Crippen LogP contribution in [-0.4, -0.2) is 60.3 Å². The zero-order valence-electron chi connectivity index (χ0n) is 15.9. The first-order valence-corrected chi connectivity index (χ1v) is 8.74. The van der Waals surface area contributed by atoms with E-state index in [0.717, 1.165) is 5.56 Å². The lowest BCUT2D eigenvalue weighted by Crippen LogP contribution is -2.62. The number of aliphatic hydroxyl groups excluding tert-OH is 1. The van der Waals surface area contributed by atoms with Crippen molar-refractivity contribution in [1.82, 2.24) is 0 Å². The molecule has 9 nitrogen and oxygen atoms in total. The minimum atomic E-state index is -1.56. The van der Waals surface area contributed by atoms with Gasteiger partial charge in [-0.05, 0) is 5.56 Å². The third kappa shape index (κ3) is 6.29. The van der Waals surface area contributed by atoms with Crippen molar-refractivity contribution in [2.24, 2.45) is 0 Å². The summed E-state index contributed by atoms with van der Waals surface area (Å²) in [6.07, 6.45) is -5.92. The molecule has 1 heterocycles. The zero-order valence-corrected chi connectivity index (χ0v) is 15.9. The van der Waals surface area contributed by atoms with Crippen molar-refractivity contribution >= 4 is 17.9 Å². The van der Waals surface area contributed by atoms with Crippen molar-refractivity contribution in [3.8, 4) is 0 Å². The topological polar surface area (TPSA) is 118 Å². The van der Waals surface area contributed by atoms with Crippen molar-refractivity contribution in [1.29, 1.82) is 0 Å². The predicted octanol–water partition coefficient (Wildman–Crippen LogP) is 0.715. The molecular weight excluding hydrogens is 372 g/mol. The summed E-state index contributed by atoms with van der Waals surface area (Å²) in [4.78, 5) is 34.2. The Hall–Kier alpha value is -2.49. The number of ether oxygens (including phenoxy) is 5. The predicted molar refractivity (Wildman–Crippen MR) is 93.6 cm³/mol. The molecule has 28 heavy (non-hydrogen) atoms. The molecular formula is C19H24O9. The van der Waals surface area contributed by atoms with Crippen molar-refractivity contribution in [2.45, 2.75) is 58.1 Å². The monoisotopic (exact) mass is 396 g/mol. The molecule has 1 aliphatic heterocycles. The molecule has 0 radical (unpaired) electrons. The molecule has 0 saturated carbocycles. The number of esters is 3. The third-order valence-electron chi connectivity index (χ3n) is 3.95. The van der Waals surface area contributed by atoms with Crippen LogP contribution in [0.2, 0.25) is 0 Å². The van der Waals surface area contributed by atoms with E-state index in [1.165, 1.54) is 20.8 Å². The number of carbonyl (C=O) groups excluding carboxylic acids is 3. The summed E-state index contributed by atoms with van der Waals surface area (Å²) in [6, 6.07) is 9.16. The summed E-state index contributed by atoms with van der Waals surface area (Å²) < 4.78 is 26.7. The minimum Gasteiger partial charge on any atom is -0.463 e. The molecule has 0 aromatic heterocycles. The fraction of sp³-hybridized carbons (Fsp3) is 0.526. The molecule has 0 aliphatic carbocycles. The molecule has 0 unspecified atom stereocenters. The third-order valence-corrected chi connectivity index (χ3v) is 3.95. The van der Waals surface area contributed by atoms with Gasteiger partial charge in [0.05, 0.1) is 6.61 Å². The quantitative estimate of drug-likeness (QED) is 0.525. The van der Waals surface area contributed by atoms with Crippen molar-refractivity contribution in [2.75, 3.05) is 6.61 Å². The van der Waals surface area contributed by atoms with E-state index in [4.69, 9.17) is 23.7 Å². The summed E-state index contributed by atoms with van der Waals surface area (Å²) in [7, 11) is 0. The molecule has 1 saturated heterocycles. The number of rotatable bonds is 7. The Labute approximate surface area is 162 Å². The molecule has 0 amide bonds. The van der Waals surface area contributed by atoms with Gasteiger partial charge >= 0.3 is 17.9 Å². The standard InChI is InChI=1S/C19H24O9/c1-11(20)24-10-15-16(26-12(2)21)17(18(19(23)28-15)27-13(3)22)25-9-14-7-5-4-6-8-14/h4-8,15-19,23H,9-10H2,1-3H3/t15-,16-,17-,18+,19+/m1/s1. The summed E-state index contributed by atoms with van der Waals surface area (Å²) in [5, 5.41) is 10.3. The Morgan fingerprint density at radius 2 is 1.54 bits per heavy atom. The Bertz CT molecular complexity index is 675. The minimum absolute atomic E-state index is 0.105. The van der Waals surface area contributed by atoms with Gasteiger partial charge in [-0.1, -0.05) is 30.3 Å². The first-order chi connectivity index (χ1) is 13.3. The fourth-order valence-corrected chi connectivity index (χ4v) is 2.84. The van der Waals surface area contributed by atoms with E-state index in [-0.39, 0.29) is 13.2 Å². The van der Waals surface area contributed by atoms with Crippen molar-refractivity contribution in [3.63, 3.8) is 0 Å². The van der Waals surface area contributed by atoms with Crippen LogP contribution in [0.25, 0.3) is 0 Å². The number of aliphatic hydroxyl groups is 1. The Kier molecular flexibility index (Phi) is 7.91. The first-order valence-electron chi connectivity index (χ1n) is 8.74. The smallest absolute Gasteiger partial charge is 0.303 e. The molecule has 1 aromatic rings. The van der Waals surface area contributed by atoms with Crippen molar-refractivity contribution in [3.05, 3.63) is 35.9 Å². The summed E-state index contributed by atoms with van der Waals surface area (Å²) in [6.45, 7) is 3.41. The molecule has 2 rings (SSSR count). The van der Waals surface area contributed by atoms with Crippen LogP contribution in [0.3, 0.4) is 0 Å². The summed E-state index contributed by atoms with van der Waals surface area (Å²) in [5.41, 5.74) is 0.822. The zero-order chi connectivity index (χ0) is 20.7. The van der Waals surface area contributed by atoms with Gasteiger partial charge in [-0.25, -0.2) is 0 Å².